The highest BCUT2D eigenvalue weighted by molar-refractivity contribution is 6.30. The summed E-state index contributed by atoms with van der Waals surface area (Å²) in [6.45, 7) is 2.03. The van der Waals surface area contributed by atoms with Crippen LogP contribution in [0.25, 0.3) is 0 Å². The van der Waals surface area contributed by atoms with Crippen LogP contribution in [0.5, 0.6) is 0 Å². The molecule has 0 aliphatic rings. The normalized spacial score (nSPS) is 10.0. The van der Waals surface area contributed by atoms with Gasteiger partial charge in [0.1, 0.15) is 12.4 Å². The molecule has 0 aliphatic heterocycles. The zero-order valence-corrected chi connectivity index (χ0v) is 11.1. The number of amides is 1. The molecule has 2 aromatic rings. The van der Waals surface area contributed by atoms with Crippen molar-refractivity contribution in [1.29, 1.82) is 0 Å². The topological polar surface area (TPSA) is 51.2 Å². The van der Waals surface area contributed by atoms with Gasteiger partial charge < -0.3 is 4.74 Å². The van der Waals surface area contributed by atoms with Gasteiger partial charge in [-0.1, -0.05) is 41.9 Å². The molecule has 0 bridgehead atoms. The van der Waals surface area contributed by atoms with Crippen molar-refractivity contribution in [3.63, 3.8) is 0 Å². The quantitative estimate of drug-likeness (QED) is 0.928. The maximum Gasteiger partial charge on any atom is 0.413 e. The fourth-order valence-electron chi connectivity index (χ4n) is 1.53. The van der Waals surface area contributed by atoms with Gasteiger partial charge in [-0.2, -0.15) is 0 Å². The zero-order valence-electron chi connectivity index (χ0n) is 10.4. The number of ether oxygens (including phenoxy) is 1. The lowest BCUT2D eigenvalue weighted by atomic mass is 10.2. The van der Waals surface area contributed by atoms with Crippen molar-refractivity contribution < 1.29 is 9.53 Å². The third-order valence-corrected chi connectivity index (χ3v) is 2.68. The lowest BCUT2D eigenvalue weighted by molar-refractivity contribution is 0.155. The summed E-state index contributed by atoms with van der Waals surface area (Å²) in [5.41, 5.74) is 1.71. The molecule has 1 aromatic heterocycles. The van der Waals surface area contributed by atoms with Gasteiger partial charge in [-0.25, -0.2) is 9.78 Å². The number of pyridine rings is 1. The standard InChI is InChI=1S/C14H13ClN2O2/c1-10-7-12(15)8-16-13(10)17-14(18)19-9-11-5-3-2-4-6-11/h2-8H,9H2,1H3,(H,16,17,18). The summed E-state index contributed by atoms with van der Waals surface area (Å²) in [6, 6.07) is 11.2. The monoisotopic (exact) mass is 276 g/mol. The summed E-state index contributed by atoms with van der Waals surface area (Å²) in [5.74, 6) is 0.447. The molecule has 0 unspecified atom stereocenters. The van der Waals surface area contributed by atoms with Crippen LogP contribution < -0.4 is 5.32 Å². The van der Waals surface area contributed by atoms with Crippen LogP contribution in [0.2, 0.25) is 5.02 Å². The minimum atomic E-state index is -0.540. The predicted octanol–water partition coefficient (Wildman–Crippen LogP) is 3.79. The van der Waals surface area contributed by atoms with E-state index in [9.17, 15) is 4.79 Å². The third-order valence-electron chi connectivity index (χ3n) is 2.48. The lowest BCUT2D eigenvalue weighted by Crippen LogP contribution is -2.15. The number of nitrogens with one attached hydrogen (secondary N) is 1. The Morgan fingerprint density at radius 1 is 1.37 bits per heavy atom. The molecule has 19 heavy (non-hydrogen) atoms. The van der Waals surface area contributed by atoms with E-state index in [2.05, 4.69) is 10.3 Å². The molecule has 1 heterocycles. The van der Waals surface area contributed by atoms with Gasteiger partial charge in [0.15, 0.2) is 0 Å². The van der Waals surface area contributed by atoms with Crippen LogP contribution in [0.4, 0.5) is 10.6 Å². The van der Waals surface area contributed by atoms with Crippen LogP contribution in [-0.2, 0) is 11.3 Å². The van der Waals surface area contributed by atoms with E-state index in [1.165, 1.54) is 6.20 Å². The summed E-state index contributed by atoms with van der Waals surface area (Å²) in [7, 11) is 0. The highest BCUT2D eigenvalue weighted by atomic mass is 35.5. The number of aryl methyl sites for hydroxylation is 1. The number of halogens is 1. The molecule has 0 atom stereocenters. The van der Waals surface area contributed by atoms with Gasteiger partial charge in [-0.05, 0) is 24.1 Å². The largest absolute Gasteiger partial charge is 0.444 e. The number of anilines is 1. The average Bonchev–Trinajstić information content (AvgIpc) is 2.41. The molecule has 98 valence electrons. The maximum atomic E-state index is 11.6. The van der Waals surface area contributed by atoms with Crippen molar-refractivity contribution in [1.82, 2.24) is 4.98 Å². The van der Waals surface area contributed by atoms with Gasteiger partial charge in [0.2, 0.25) is 0 Å². The lowest BCUT2D eigenvalue weighted by Gasteiger charge is -2.08. The Morgan fingerprint density at radius 2 is 2.11 bits per heavy atom. The minimum absolute atomic E-state index is 0.222. The predicted molar refractivity (Wildman–Crippen MR) is 74.2 cm³/mol. The summed E-state index contributed by atoms with van der Waals surface area (Å²) < 4.78 is 5.09. The fraction of sp³-hybridized carbons (Fsp3) is 0.143. The van der Waals surface area contributed by atoms with E-state index in [0.29, 0.717) is 10.8 Å². The summed E-state index contributed by atoms with van der Waals surface area (Å²) in [6.07, 6.45) is 0.934. The molecule has 4 nitrogen and oxygen atoms in total. The Hall–Kier alpha value is -2.07. The Kier molecular flexibility index (Phi) is 4.36. The van der Waals surface area contributed by atoms with Gasteiger partial charge in [-0.15, -0.1) is 0 Å². The molecule has 0 fully saturated rings. The zero-order chi connectivity index (χ0) is 13.7. The van der Waals surface area contributed by atoms with Crippen molar-refractivity contribution in [2.45, 2.75) is 13.5 Å². The molecule has 0 spiro atoms. The van der Waals surface area contributed by atoms with Crippen LogP contribution in [-0.4, -0.2) is 11.1 Å². The molecule has 0 saturated heterocycles. The number of carbonyl (C=O) groups is 1. The van der Waals surface area contributed by atoms with Crippen LogP contribution in [0.3, 0.4) is 0 Å². The number of aromatic nitrogens is 1. The molecule has 0 saturated carbocycles. The van der Waals surface area contributed by atoms with Gasteiger partial charge in [0.05, 0.1) is 5.02 Å². The molecule has 5 heteroatoms. The third kappa shape index (κ3) is 3.96. The Morgan fingerprint density at radius 3 is 2.79 bits per heavy atom. The first-order valence-electron chi connectivity index (χ1n) is 5.75. The van der Waals surface area contributed by atoms with Crippen molar-refractivity contribution >= 4 is 23.5 Å². The van der Waals surface area contributed by atoms with Gasteiger partial charge in [0.25, 0.3) is 0 Å². The van der Waals surface area contributed by atoms with Crippen LogP contribution in [0, 0.1) is 6.92 Å². The molecule has 1 N–H and O–H groups in total. The minimum Gasteiger partial charge on any atom is -0.444 e. The second kappa shape index (κ2) is 6.20. The maximum absolute atomic E-state index is 11.6. The molecule has 0 radical (unpaired) electrons. The SMILES string of the molecule is Cc1cc(Cl)cnc1NC(=O)OCc1ccccc1. The van der Waals surface area contributed by atoms with Crippen LogP contribution >= 0.6 is 11.6 Å². The summed E-state index contributed by atoms with van der Waals surface area (Å²) in [5, 5.41) is 3.11. The first-order chi connectivity index (χ1) is 9.15. The highest BCUT2D eigenvalue weighted by Gasteiger charge is 2.07. The summed E-state index contributed by atoms with van der Waals surface area (Å²) >= 11 is 5.79. The fourth-order valence-corrected chi connectivity index (χ4v) is 1.74. The second-order valence-electron chi connectivity index (χ2n) is 4.01. The van der Waals surface area contributed by atoms with E-state index in [-0.39, 0.29) is 6.61 Å². The number of nitrogens with zero attached hydrogens (tertiary/aromatic N) is 1. The van der Waals surface area contributed by atoms with Crippen LogP contribution in [0.1, 0.15) is 11.1 Å². The van der Waals surface area contributed by atoms with Crippen molar-refractivity contribution in [2.75, 3.05) is 5.32 Å². The number of benzene rings is 1. The van der Waals surface area contributed by atoms with Gasteiger partial charge in [-0.3, -0.25) is 5.32 Å². The number of hydrogen-bond donors (Lipinski definition) is 1. The second-order valence-corrected chi connectivity index (χ2v) is 4.44. The van der Waals surface area contributed by atoms with Crippen molar-refractivity contribution in [3.05, 3.63) is 58.7 Å². The molecule has 2 rings (SSSR count). The van der Waals surface area contributed by atoms with Crippen LogP contribution in [0.15, 0.2) is 42.6 Å². The molecular formula is C14H13ClN2O2. The van der Waals surface area contributed by atoms with E-state index in [4.69, 9.17) is 16.3 Å². The average molecular weight is 277 g/mol. The number of carbonyl (C=O) groups excluding carboxylic acids is 1. The molecule has 1 amide bonds. The first-order valence-corrected chi connectivity index (χ1v) is 6.13. The van der Waals surface area contributed by atoms with E-state index in [0.717, 1.165) is 11.1 Å². The van der Waals surface area contributed by atoms with Gasteiger partial charge in [0, 0.05) is 6.20 Å². The Labute approximate surface area is 116 Å². The Bertz CT molecular complexity index is 573. The molecule has 1 aromatic carbocycles. The van der Waals surface area contributed by atoms with E-state index in [1.54, 1.807) is 6.07 Å². The number of rotatable bonds is 3. The van der Waals surface area contributed by atoms with Crippen molar-refractivity contribution in [3.8, 4) is 0 Å². The van der Waals surface area contributed by atoms with E-state index < -0.39 is 6.09 Å². The molecule has 0 aliphatic carbocycles. The first kappa shape index (κ1) is 13.4. The summed E-state index contributed by atoms with van der Waals surface area (Å²) in [4.78, 5) is 15.6. The highest BCUT2D eigenvalue weighted by Crippen LogP contribution is 2.16. The molecular weight excluding hydrogens is 264 g/mol. The van der Waals surface area contributed by atoms with Gasteiger partial charge >= 0.3 is 6.09 Å². The smallest absolute Gasteiger partial charge is 0.413 e. The number of hydrogen-bond acceptors (Lipinski definition) is 3. The van der Waals surface area contributed by atoms with Crippen molar-refractivity contribution in [2.24, 2.45) is 0 Å². The van der Waals surface area contributed by atoms with E-state index >= 15 is 0 Å². The Balaban J connectivity index is 1.91. The van der Waals surface area contributed by atoms with E-state index in [1.807, 2.05) is 37.3 Å².